The highest BCUT2D eigenvalue weighted by atomic mass is 79.9. The number of anilines is 1. The summed E-state index contributed by atoms with van der Waals surface area (Å²) in [5, 5.41) is 3.60. The van der Waals surface area contributed by atoms with Crippen molar-refractivity contribution in [1.29, 1.82) is 0 Å². The molecule has 1 heterocycles. The van der Waals surface area contributed by atoms with E-state index in [9.17, 15) is 4.39 Å². The second-order valence-electron chi connectivity index (χ2n) is 5.66. The summed E-state index contributed by atoms with van der Waals surface area (Å²) in [6, 6.07) is 4.01. The minimum absolute atomic E-state index is 0.186. The van der Waals surface area contributed by atoms with Gasteiger partial charge in [-0.1, -0.05) is 13.8 Å². The molecule has 1 unspecified atom stereocenters. The molecule has 1 aliphatic heterocycles. The van der Waals surface area contributed by atoms with Gasteiger partial charge in [-0.2, -0.15) is 0 Å². The summed E-state index contributed by atoms with van der Waals surface area (Å²) >= 11 is 3.29. The lowest BCUT2D eigenvalue weighted by atomic mass is 10.0. The lowest BCUT2D eigenvalue weighted by molar-refractivity contribution is 0.420. The van der Waals surface area contributed by atoms with E-state index in [0.29, 0.717) is 16.4 Å². The second kappa shape index (κ2) is 6.23. The first-order chi connectivity index (χ1) is 8.99. The van der Waals surface area contributed by atoms with Crippen LogP contribution in [0.5, 0.6) is 0 Å². The molecule has 1 aromatic rings. The monoisotopic (exact) mass is 328 g/mol. The Morgan fingerprint density at radius 1 is 1.42 bits per heavy atom. The van der Waals surface area contributed by atoms with Crippen LogP contribution in [0.2, 0.25) is 0 Å². The van der Waals surface area contributed by atoms with E-state index in [1.807, 2.05) is 13.0 Å². The molecule has 19 heavy (non-hydrogen) atoms. The molecule has 0 amide bonds. The van der Waals surface area contributed by atoms with Gasteiger partial charge in [0.05, 0.1) is 4.47 Å². The van der Waals surface area contributed by atoms with Crippen molar-refractivity contribution in [2.24, 2.45) is 5.92 Å². The third-order valence-corrected chi connectivity index (χ3v) is 4.42. The number of halogens is 2. The first kappa shape index (κ1) is 14.8. The Morgan fingerprint density at radius 3 is 2.84 bits per heavy atom. The van der Waals surface area contributed by atoms with Crippen LogP contribution in [0.3, 0.4) is 0 Å². The van der Waals surface area contributed by atoms with E-state index in [2.05, 4.69) is 40.0 Å². The van der Waals surface area contributed by atoms with Crippen LogP contribution in [-0.2, 0) is 0 Å². The van der Waals surface area contributed by atoms with Gasteiger partial charge in [-0.25, -0.2) is 4.39 Å². The highest BCUT2D eigenvalue weighted by Crippen LogP contribution is 2.28. The molecular formula is C15H22BrFN2. The fourth-order valence-corrected chi connectivity index (χ4v) is 2.92. The van der Waals surface area contributed by atoms with Crippen LogP contribution in [0.4, 0.5) is 10.1 Å². The standard InChI is InChI=1S/C15H22BrFN2/c1-10(2)14-9-19(6-4-5-18-14)15-8-12(16)13(17)7-11(15)3/h7-8,10,14,18H,4-6,9H2,1-3H3. The van der Waals surface area contributed by atoms with Crippen molar-refractivity contribution in [2.45, 2.75) is 33.2 Å². The molecule has 1 saturated heterocycles. The van der Waals surface area contributed by atoms with Gasteiger partial charge in [-0.15, -0.1) is 0 Å². The van der Waals surface area contributed by atoms with E-state index < -0.39 is 0 Å². The van der Waals surface area contributed by atoms with Crippen molar-refractivity contribution in [1.82, 2.24) is 5.32 Å². The van der Waals surface area contributed by atoms with Crippen LogP contribution in [0.15, 0.2) is 16.6 Å². The topological polar surface area (TPSA) is 15.3 Å². The molecular weight excluding hydrogens is 307 g/mol. The second-order valence-corrected chi connectivity index (χ2v) is 6.51. The van der Waals surface area contributed by atoms with Crippen molar-refractivity contribution in [3.05, 3.63) is 28.0 Å². The van der Waals surface area contributed by atoms with Gasteiger partial charge in [0.1, 0.15) is 5.82 Å². The van der Waals surface area contributed by atoms with Crippen LogP contribution in [0, 0.1) is 18.7 Å². The highest BCUT2D eigenvalue weighted by Gasteiger charge is 2.22. The molecule has 2 nitrogen and oxygen atoms in total. The van der Waals surface area contributed by atoms with Crippen LogP contribution in [0.25, 0.3) is 0 Å². The number of rotatable bonds is 2. The zero-order valence-electron chi connectivity index (χ0n) is 11.8. The van der Waals surface area contributed by atoms with Crippen LogP contribution < -0.4 is 10.2 Å². The van der Waals surface area contributed by atoms with E-state index in [-0.39, 0.29) is 5.82 Å². The molecule has 0 bridgehead atoms. The number of hydrogen-bond donors (Lipinski definition) is 1. The zero-order chi connectivity index (χ0) is 14.0. The van der Waals surface area contributed by atoms with Gasteiger partial charge in [0.15, 0.2) is 0 Å². The normalized spacial score (nSPS) is 20.7. The lowest BCUT2D eigenvalue weighted by Crippen LogP contribution is -2.41. The molecule has 106 valence electrons. The van der Waals surface area contributed by atoms with Crippen molar-refractivity contribution in [3.8, 4) is 0 Å². The van der Waals surface area contributed by atoms with E-state index in [4.69, 9.17) is 0 Å². The molecule has 1 fully saturated rings. The summed E-state index contributed by atoms with van der Waals surface area (Å²) in [5.41, 5.74) is 2.15. The molecule has 2 rings (SSSR count). The fourth-order valence-electron chi connectivity index (χ4n) is 2.59. The summed E-state index contributed by atoms with van der Waals surface area (Å²) in [6.07, 6.45) is 1.12. The predicted molar refractivity (Wildman–Crippen MR) is 82.3 cm³/mol. The molecule has 0 aromatic heterocycles. The van der Waals surface area contributed by atoms with Crippen molar-refractivity contribution in [2.75, 3.05) is 24.5 Å². The lowest BCUT2D eigenvalue weighted by Gasteiger charge is -2.30. The average Bonchev–Trinajstić information content (AvgIpc) is 2.59. The van der Waals surface area contributed by atoms with E-state index in [0.717, 1.165) is 37.3 Å². The summed E-state index contributed by atoms with van der Waals surface area (Å²) in [6.45, 7) is 9.53. The first-order valence-electron chi connectivity index (χ1n) is 6.93. The molecule has 0 saturated carbocycles. The first-order valence-corrected chi connectivity index (χ1v) is 7.72. The molecule has 0 spiro atoms. The Morgan fingerprint density at radius 2 is 2.16 bits per heavy atom. The number of nitrogens with zero attached hydrogens (tertiary/aromatic N) is 1. The summed E-state index contributed by atoms with van der Waals surface area (Å²) in [7, 11) is 0. The predicted octanol–water partition coefficient (Wildman–Crippen LogP) is 3.72. The van der Waals surface area contributed by atoms with Gasteiger partial charge in [-0.3, -0.25) is 0 Å². The fraction of sp³-hybridized carbons (Fsp3) is 0.600. The maximum Gasteiger partial charge on any atom is 0.137 e. The highest BCUT2D eigenvalue weighted by molar-refractivity contribution is 9.10. The minimum Gasteiger partial charge on any atom is -0.370 e. The Labute approximate surface area is 123 Å². The zero-order valence-corrected chi connectivity index (χ0v) is 13.4. The van der Waals surface area contributed by atoms with Crippen LogP contribution >= 0.6 is 15.9 Å². The van der Waals surface area contributed by atoms with Gasteiger partial charge < -0.3 is 10.2 Å². The number of aryl methyl sites for hydroxylation is 1. The Kier molecular flexibility index (Phi) is 4.85. The maximum atomic E-state index is 13.5. The minimum atomic E-state index is -0.186. The molecule has 1 aliphatic rings. The van der Waals surface area contributed by atoms with Gasteiger partial charge in [0, 0.05) is 24.8 Å². The summed E-state index contributed by atoms with van der Waals surface area (Å²) in [4.78, 5) is 2.38. The smallest absolute Gasteiger partial charge is 0.137 e. The number of benzene rings is 1. The molecule has 0 aliphatic carbocycles. The van der Waals surface area contributed by atoms with Gasteiger partial charge in [0.2, 0.25) is 0 Å². The van der Waals surface area contributed by atoms with Crippen molar-refractivity contribution >= 4 is 21.6 Å². The molecule has 1 aromatic carbocycles. The quantitative estimate of drug-likeness (QED) is 0.890. The number of nitrogens with one attached hydrogen (secondary N) is 1. The Hall–Kier alpha value is -0.610. The summed E-state index contributed by atoms with van der Waals surface area (Å²) in [5.74, 6) is 0.416. The third kappa shape index (κ3) is 3.48. The summed E-state index contributed by atoms with van der Waals surface area (Å²) < 4.78 is 14.1. The van der Waals surface area contributed by atoms with Gasteiger partial charge >= 0.3 is 0 Å². The molecule has 1 atom stereocenters. The molecule has 1 N–H and O–H groups in total. The van der Waals surface area contributed by atoms with Crippen molar-refractivity contribution < 1.29 is 4.39 Å². The van der Waals surface area contributed by atoms with Crippen molar-refractivity contribution in [3.63, 3.8) is 0 Å². The van der Waals surface area contributed by atoms with Gasteiger partial charge in [-0.05, 0) is 59.4 Å². The van der Waals surface area contributed by atoms with Crippen LogP contribution in [-0.4, -0.2) is 25.7 Å². The third-order valence-electron chi connectivity index (χ3n) is 3.81. The maximum absolute atomic E-state index is 13.5. The van der Waals surface area contributed by atoms with E-state index >= 15 is 0 Å². The average molecular weight is 329 g/mol. The SMILES string of the molecule is Cc1cc(F)c(Br)cc1N1CCCNC(C(C)C)C1. The number of hydrogen-bond acceptors (Lipinski definition) is 2. The van der Waals surface area contributed by atoms with E-state index in [1.165, 1.54) is 0 Å². The molecule has 4 heteroatoms. The Bertz CT molecular complexity index is 448. The van der Waals surface area contributed by atoms with E-state index in [1.54, 1.807) is 6.07 Å². The van der Waals surface area contributed by atoms with Gasteiger partial charge in [0.25, 0.3) is 0 Å². The Balaban J connectivity index is 2.26. The molecule has 0 radical (unpaired) electrons. The largest absolute Gasteiger partial charge is 0.370 e. The van der Waals surface area contributed by atoms with Crippen LogP contribution in [0.1, 0.15) is 25.8 Å².